The van der Waals surface area contributed by atoms with E-state index in [0.29, 0.717) is 17.9 Å². The SMILES string of the molecule is Nc1cc(NCc2ccc(C(F)(F)F)cc2)ccc1NC(=O)C1CC1. The lowest BCUT2D eigenvalue weighted by Crippen LogP contribution is -2.14. The molecule has 4 N–H and O–H groups in total. The first-order chi connectivity index (χ1) is 11.8. The Kier molecular flexibility index (Phi) is 4.57. The van der Waals surface area contributed by atoms with Crippen LogP contribution in [0.25, 0.3) is 0 Å². The first kappa shape index (κ1) is 17.1. The van der Waals surface area contributed by atoms with Crippen molar-refractivity contribution in [3.8, 4) is 0 Å². The van der Waals surface area contributed by atoms with Gasteiger partial charge in [0, 0.05) is 18.2 Å². The Morgan fingerprint density at radius 2 is 1.80 bits per heavy atom. The van der Waals surface area contributed by atoms with Gasteiger partial charge in [-0.1, -0.05) is 12.1 Å². The largest absolute Gasteiger partial charge is 0.416 e. The summed E-state index contributed by atoms with van der Waals surface area (Å²) < 4.78 is 37.6. The summed E-state index contributed by atoms with van der Waals surface area (Å²) in [6.45, 7) is 0.366. The van der Waals surface area contributed by atoms with E-state index in [9.17, 15) is 18.0 Å². The number of hydrogen-bond acceptors (Lipinski definition) is 3. The fourth-order valence-corrected chi connectivity index (χ4v) is 2.38. The van der Waals surface area contributed by atoms with Crippen LogP contribution in [-0.2, 0) is 17.5 Å². The highest BCUT2D eigenvalue weighted by Gasteiger charge is 2.30. The van der Waals surface area contributed by atoms with Crippen LogP contribution >= 0.6 is 0 Å². The molecule has 7 heteroatoms. The van der Waals surface area contributed by atoms with Gasteiger partial charge in [0.15, 0.2) is 0 Å². The molecule has 0 spiro atoms. The molecule has 1 amide bonds. The maximum atomic E-state index is 12.5. The quantitative estimate of drug-likeness (QED) is 0.707. The van der Waals surface area contributed by atoms with Crippen LogP contribution in [0.1, 0.15) is 24.0 Å². The van der Waals surface area contributed by atoms with E-state index in [0.717, 1.165) is 36.2 Å². The van der Waals surface area contributed by atoms with Gasteiger partial charge in [0.05, 0.1) is 16.9 Å². The Balaban J connectivity index is 1.59. The van der Waals surface area contributed by atoms with E-state index < -0.39 is 11.7 Å². The van der Waals surface area contributed by atoms with Gasteiger partial charge in [0.2, 0.25) is 5.91 Å². The number of hydrogen-bond donors (Lipinski definition) is 3. The van der Waals surface area contributed by atoms with Gasteiger partial charge in [-0.25, -0.2) is 0 Å². The number of halogens is 3. The van der Waals surface area contributed by atoms with Gasteiger partial charge in [-0.3, -0.25) is 4.79 Å². The predicted octanol–water partition coefficient (Wildman–Crippen LogP) is 4.25. The Hall–Kier alpha value is -2.70. The van der Waals surface area contributed by atoms with Gasteiger partial charge in [-0.2, -0.15) is 13.2 Å². The molecule has 0 aliphatic heterocycles. The molecule has 0 unspecified atom stereocenters. The summed E-state index contributed by atoms with van der Waals surface area (Å²) in [7, 11) is 0. The van der Waals surface area contributed by atoms with Crippen molar-refractivity contribution in [2.45, 2.75) is 25.6 Å². The lowest BCUT2D eigenvalue weighted by atomic mass is 10.1. The minimum Gasteiger partial charge on any atom is -0.397 e. The van der Waals surface area contributed by atoms with E-state index in [-0.39, 0.29) is 11.8 Å². The fourth-order valence-electron chi connectivity index (χ4n) is 2.38. The summed E-state index contributed by atoms with van der Waals surface area (Å²) in [6.07, 6.45) is -2.50. The van der Waals surface area contributed by atoms with Crippen LogP contribution in [-0.4, -0.2) is 5.91 Å². The topological polar surface area (TPSA) is 67.2 Å². The van der Waals surface area contributed by atoms with E-state index in [1.807, 2.05) is 0 Å². The fraction of sp³-hybridized carbons (Fsp3) is 0.278. The number of amides is 1. The molecule has 1 saturated carbocycles. The molecule has 0 saturated heterocycles. The van der Waals surface area contributed by atoms with E-state index in [2.05, 4.69) is 10.6 Å². The molecular formula is C18H18F3N3O. The lowest BCUT2D eigenvalue weighted by Gasteiger charge is -2.12. The molecule has 1 fully saturated rings. The van der Waals surface area contributed by atoms with Crippen LogP contribution in [0.5, 0.6) is 0 Å². The van der Waals surface area contributed by atoms with E-state index in [1.54, 1.807) is 18.2 Å². The molecule has 2 aromatic carbocycles. The van der Waals surface area contributed by atoms with Gasteiger partial charge >= 0.3 is 6.18 Å². The Morgan fingerprint density at radius 1 is 1.12 bits per heavy atom. The zero-order valence-electron chi connectivity index (χ0n) is 13.4. The molecule has 4 nitrogen and oxygen atoms in total. The molecule has 0 bridgehead atoms. The number of carbonyl (C=O) groups is 1. The Bertz CT molecular complexity index is 768. The average molecular weight is 349 g/mol. The van der Waals surface area contributed by atoms with Crippen LogP contribution in [0.15, 0.2) is 42.5 Å². The highest BCUT2D eigenvalue weighted by molar-refractivity contribution is 5.97. The zero-order valence-corrected chi connectivity index (χ0v) is 13.4. The molecule has 0 heterocycles. The first-order valence-corrected chi connectivity index (χ1v) is 7.93. The third-order valence-corrected chi connectivity index (χ3v) is 4.04. The molecule has 132 valence electrons. The second kappa shape index (κ2) is 6.66. The third-order valence-electron chi connectivity index (χ3n) is 4.04. The monoisotopic (exact) mass is 349 g/mol. The molecule has 0 aromatic heterocycles. The second-order valence-electron chi connectivity index (χ2n) is 6.11. The molecule has 0 radical (unpaired) electrons. The van der Waals surface area contributed by atoms with Gasteiger partial charge in [0.1, 0.15) is 0 Å². The molecule has 0 atom stereocenters. The van der Waals surface area contributed by atoms with Crippen LogP contribution in [0.2, 0.25) is 0 Å². The smallest absolute Gasteiger partial charge is 0.397 e. The summed E-state index contributed by atoms with van der Waals surface area (Å²) in [4.78, 5) is 11.8. The standard InChI is InChI=1S/C18H18F3N3O/c19-18(20,21)13-5-1-11(2-6-13)10-23-14-7-8-16(15(22)9-14)24-17(25)12-3-4-12/h1-2,5-9,12,23H,3-4,10,22H2,(H,24,25). The van der Waals surface area contributed by atoms with Crippen molar-refractivity contribution in [1.29, 1.82) is 0 Å². The molecular weight excluding hydrogens is 331 g/mol. The van der Waals surface area contributed by atoms with Gasteiger partial charge in [-0.05, 0) is 48.7 Å². The number of carbonyl (C=O) groups excluding carboxylic acids is 1. The van der Waals surface area contributed by atoms with Crippen molar-refractivity contribution in [3.63, 3.8) is 0 Å². The van der Waals surface area contributed by atoms with E-state index in [1.165, 1.54) is 12.1 Å². The number of anilines is 3. The number of nitrogens with two attached hydrogens (primary N) is 1. The average Bonchev–Trinajstić information content (AvgIpc) is 3.40. The van der Waals surface area contributed by atoms with Crippen LogP contribution < -0.4 is 16.4 Å². The van der Waals surface area contributed by atoms with Crippen molar-refractivity contribution in [2.24, 2.45) is 5.92 Å². The summed E-state index contributed by atoms with van der Waals surface area (Å²) in [5.74, 6) is 0.0778. The molecule has 3 rings (SSSR count). The van der Waals surface area contributed by atoms with E-state index in [4.69, 9.17) is 5.73 Å². The molecule has 1 aliphatic rings. The number of alkyl halides is 3. The first-order valence-electron chi connectivity index (χ1n) is 7.93. The normalized spacial score (nSPS) is 14.2. The lowest BCUT2D eigenvalue weighted by molar-refractivity contribution is -0.137. The van der Waals surface area contributed by atoms with Crippen molar-refractivity contribution < 1.29 is 18.0 Å². The minimum atomic E-state index is -4.33. The maximum absolute atomic E-state index is 12.5. The summed E-state index contributed by atoms with van der Waals surface area (Å²) in [5.41, 5.74) is 7.72. The summed E-state index contributed by atoms with van der Waals surface area (Å²) in [6, 6.07) is 10.1. The van der Waals surface area contributed by atoms with Crippen molar-refractivity contribution in [3.05, 3.63) is 53.6 Å². The van der Waals surface area contributed by atoms with Gasteiger partial charge in [-0.15, -0.1) is 0 Å². The maximum Gasteiger partial charge on any atom is 0.416 e. The minimum absolute atomic E-state index is 0.0165. The van der Waals surface area contributed by atoms with Crippen LogP contribution in [0.3, 0.4) is 0 Å². The second-order valence-corrected chi connectivity index (χ2v) is 6.11. The Morgan fingerprint density at radius 3 is 2.36 bits per heavy atom. The summed E-state index contributed by atoms with van der Waals surface area (Å²) in [5, 5.41) is 5.90. The van der Waals surface area contributed by atoms with Crippen molar-refractivity contribution in [1.82, 2.24) is 0 Å². The van der Waals surface area contributed by atoms with Crippen molar-refractivity contribution in [2.75, 3.05) is 16.4 Å². The van der Waals surface area contributed by atoms with Crippen LogP contribution in [0, 0.1) is 5.92 Å². The molecule has 1 aliphatic carbocycles. The number of rotatable bonds is 5. The Labute approximate surface area is 143 Å². The zero-order chi connectivity index (χ0) is 18.0. The van der Waals surface area contributed by atoms with Crippen LogP contribution in [0.4, 0.5) is 30.2 Å². The predicted molar refractivity (Wildman–Crippen MR) is 91.0 cm³/mol. The molecule has 2 aromatic rings. The number of nitrogens with one attached hydrogen (secondary N) is 2. The van der Waals surface area contributed by atoms with Gasteiger partial charge in [0.25, 0.3) is 0 Å². The number of benzene rings is 2. The molecule has 25 heavy (non-hydrogen) atoms. The highest BCUT2D eigenvalue weighted by Crippen LogP contribution is 2.32. The van der Waals surface area contributed by atoms with Gasteiger partial charge < -0.3 is 16.4 Å². The highest BCUT2D eigenvalue weighted by atomic mass is 19.4. The summed E-state index contributed by atoms with van der Waals surface area (Å²) >= 11 is 0. The number of nitrogen functional groups attached to an aromatic ring is 1. The van der Waals surface area contributed by atoms with E-state index >= 15 is 0 Å². The third kappa shape index (κ3) is 4.43. The van der Waals surface area contributed by atoms with Crippen molar-refractivity contribution >= 4 is 23.0 Å².